The van der Waals surface area contributed by atoms with E-state index in [-0.39, 0.29) is 11.8 Å². The molecule has 18 heavy (non-hydrogen) atoms. The molecular weight excluding hydrogens is 232 g/mol. The van der Waals surface area contributed by atoms with Gasteiger partial charge in [-0.25, -0.2) is 0 Å². The molecule has 1 aromatic rings. The molecular formula is C13H14N2O3. The fraction of sp³-hybridized carbons (Fsp3) is 0.385. The first-order valence-corrected chi connectivity index (χ1v) is 5.90. The maximum absolute atomic E-state index is 12.4. The molecule has 2 aliphatic heterocycles. The quantitative estimate of drug-likeness (QED) is 0.593. The third kappa shape index (κ3) is 1.31. The highest BCUT2D eigenvalue weighted by molar-refractivity contribution is 6.24. The van der Waals surface area contributed by atoms with Gasteiger partial charge >= 0.3 is 0 Å². The lowest BCUT2D eigenvalue weighted by Crippen LogP contribution is -2.50. The van der Waals surface area contributed by atoms with Gasteiger partial charge < -0.3 is 10.5 Å². The third-order valence-electron chi connectivity index (χ3n) is 3.68. The van der Waals surface area contributed by atoms with E-state index in [1.54, 1.807) is 18.2 Å². The molecule has 1 saturated heterocycles. The molecule has 0 radical (unpaired) electrons. The Kier molecular flexibility index (Phi) is 2.22. The van der Waals surface area contributed by atoms with Crippen molar-refractivity contribution in [2.24, 2.45) is 0 Å². The van der Waals surface area contributed by atoms with Crippen molar-refractivity contribution in [1.29, 1.82) is 0 Å². The van der Waals surface area contributed by atoms with Gasteiger partial charge in [0, 0.05) is 12.3 Å². The van der Waals surface area contributed by atoms with Crippen molar-refractivity contribution in [2.75, 3.05) is 18.9 Å². The second-order valence-corrected chi connectivity index (χ2v) is 5.02. The zero-order valence-electron chi connectivity index (χ0n) is 10.1. The van der Waals surface area contributed by atoms with Gasteiger partial charge in [0.1, 0.15) is 0 Å². The maximum Gasteiger partial charge on any atom is 0.264 e. The Morgan fingerprint density at radius 2 is 2.11 bits per heavy atom. The Morgan fingerprint density at radius 3 is 2.72 bits per heavy atom. The number of fused-ring (bicyclic) bond motifs is 1. The Balaban J connectivity index is 2.10. The average Bonchev–Trinajstić information content (AvgIpc) is 2.85. The summed E-state index contributed by atoms with van der Waals surface area (Å²) in [6.07, 6.45) is 0.665. The highest BCUT2D eigenvalue weighted by Crippen LogP contribution is 2.36. The van der Waals surface area contributed by atoms with Crippen LogP contribution >= 0.6 is 0 Å². The summed E-state index contributed by atoms with van der Waals surface area (Å²) in [5.74, 6) is -0.573. The van der Waals surface area contributed by atoms with Gasteiger partial charge in [-0.05, 0) is 25.5 Å². The van der Waals surface area contributed by atoms with Crippen molar-refractivity contribution < 1.29 is 14.3 Å². The van der Waals surface area contributed by atoms with Crippen LogP contribution in [0, 0.1) is 0 Å². The van der Waals surface area contributed by atoms with E-state index < -0.39 is 5.54 Å². The molecule has 1 atom stereocenters. The lowest BCUT2D eigenvalue weighted by molar-refractivity contribution is 0.0419. The number of anilines is 1. The van der Waals surface area contributed by atoms with E-state index in [0.29, 0.717) is 36.4 Å². The normalized spacial score (nSPS) is 26.8. The van der Waals surface area contributed by atoms with Crippen LogP contribution in [-0.4, -0.2) is 35.5 Å². The predicted molar refractivity (Wildman–Crippen MR) is 65.2 cm³/mol. The van der Waals surface area contributed by atoms with Crippen molar-refractivity contribution >= 4 is 17.5 Å². The molecule has 0 saturated carbocycles. The third-order valence-corrected chi connectivity index (χ3v) is 3.68. The minimum absolute atomic E-state index is 0.268. The van der Waals surface area contributed by atoms with Crippen molar-refractivity contribution in [3.8, 4) is 0 Å². The van der Waals surface area contributed by atoms with Crippen molar-refractivity contribution in [3.05, 3.63) is 29.3 Å². The van der Waals surface area contributed by atoms with Gasteiger partial charge in [-0.2, -0.15) is 0 Å². The summed E-state index contributed by atoms with van der Waals surface area (Å²) in [6.45, 7) is 2.83. The number of nitrogens with two attached hydrogens (primary N) is 1. The molecule has 2 N–H and O–H groups in total. The number of carbonyl (C=O) groups excluding carboxylic acids is 2. The SMILES string of the molecule is CC1(N2C(=O)c3cccc(N)c3C2=O)CCOC1. The standard InChI is InChI=1S/C13H14N2O3/c1-13(5-6-18-7-13)15-11(16)8-3-2-4-9(14)10(8)12(15)17/h2-4H,5-7,14H2,1H3. The Morgan fingerprint density at radius 1 is 1.33 bits per heavy atom. The molecule has 2 amide bonds. The van der Waals surface area contributed by atoms with Gasteiger partial charge in [0.25, 0.3) is 11.8 Å². The molecule has 2 heterocycles. The number of rotatable bonds is 1. The minimum Gasteiger partial charge on any atom is -0.398 e. The average molecular weight is 246 g/mol. The highest BCUT2D eigenvalue weighted by atomic mass is 16.5. The van der Waals surface area contributed by atoms with Gasteiger partial charge in [0.15, 0.2) is 0 Å². The summed E-state index contributed by atoms with van der Waals surface area (Å²) in [6, 6.07) is 4.97. The summed E-state index contributed by atoms with van der Waals surface area (Å²) < 4.78 is 5.32. The fourth-order valence-corrected chi connectivity index (χ4v) is 2.63. The van der Waals surface area contributed by atoms with Crippen LogP contribution in [0.3, 0.4) is 0 Å². The first-order chi connectivity index (χ1) is 8.54. The van der Waals surface area contributed by atoms with Crippen LogP contribution in [0.4, 0.5) is 5.69 Å². The number of ether oxygens (including phenoxy) is 1. The van der Waals surface area contributed by atoms with Gasteiger partial charge in [-0.15, -0.1) is 0 Å². The van der Waals surface area contributed by atoms with Gasteiger partial charge in [-0.3, -0.25) is 14.5 Å². The van der Waals surface area contributed by atoms with Crippen LogP contribution in [-0.2, 0) is 4.74 Å². The van der Waals surface area contributed by atoms with E-state index in [4.69, 9.17) is 10.5 Å². The van der Waals surface area contributed by atoms with Gasteiger partial charge in [0.2, 0.25) is 0 Å². The predicted octanol–water partition coefficient (Wildman–Crippen LogP) is 1.04. The fourth-order valence-electron chi connectivity index (χ4n) is 2.63. The molecule has 5 heteroatoms. The molecule has 5 nitrogen and oxygen atoms in total. The summed E-state index contributed by atoms with van der Waals surface area (Å²) in [5.41, 5.74) is 6.32. The molecule has 1 aromatic carbocycles. The van der Waals surface area contributed by atoms with Crippen LogP contribution in [0.25, 0.3) is 0 Å². The lowest BCUT2D eigenvalue weighted by Gasteiger charge is -2.31. The molecule has 0 bridgehead atoms. The first-order valence-electron chi connectivity index (χ1n) is 5.90. The topological polar surface area (TPSA) is 72.6 Å². The Labute approximate surface area is 105 Å². The van der Waals surface area contributed by atoms with E-state index in [1.165, 1.54) is 4.90 Å². The van der Waals surface area contributed by atoms with E-state index >= 15 is 0 Å². The van der Waals surface area contributed by atoms with Crippen LogP contribution in [0.15, 0.2) is 18.2 Å². The Bertz CT molecular complexity index is 547. The molecule has 1 fully saturated rings. The van der Waals surface area contributed by atoms with E-state index in [1.807, 2.05) is 6.92 Å². The number of benzene rings is 1. The second-order valence-electron chi connectivity index (χ2n) is 5.02. The van der Waals surface area contributed by atoms with Crippen LogP contribution in [0.1, 0.15) is 34.1 Å². The van der Waals surface area contributed by atoms with Crippen molar-refractivity contribution in [2.45, 2.75) is 18.9 Å². The van der Waals surface area contributed by atoms with Crippen molar-refractivity contribution in [1.82, 2.24) is 4.90 Å². The number of hydrogen-bond acceptors (Lipinski definition) is 4. The van der Waals surface area contributed by atoms with E-state index in [9.17, 15) is 9.59 Å². The number of nitrogen functional groups attached to an aromatic ring is 1. The minimum atomic E-state index is -0.556. The summed E-state index contributed by atoms with van der Waals surface area (Å²) in [5, 5.41) is 0. The molecule has 0 aromatic heterocycles. The lowest BCUT2D eigenvalue weighted by atomic mass is 9.99. The molecule has 1 unspecified atom stereocenters. The Hall–Kier alpha value is -1.88. The van der Waals surface area contributed by atoms with Crippen LogP contribution in [0.5, 0.6) is 0 Å². The zero-order chi connectivity index (χ0) is 12.9. The highest BCUT2D eigenvalue weighted by Gasteiger charge is 2.48. The second kappa shape index (κ2) is 3.55. The number of hydrogen-bond donors (Lipinski definition) is 1. The van der Waals surface area contributed by atoms with Crippen LogP contribution < -0.4 is 5.73 Å². The summed E-state index contributed by atoms with van der Waals surface area (Å²) >= 11 is 0. The smallest absolute Gasteiger partial charge is 0.264 e. The number of imide groups is 1. The zero-order valence-corrected chi connectivity index (χ0v) is 10.1. The monoisotopic (exact) mass is 246 g/mol. The molecule has 3 rings (SSSR count). The van der Waals surface area contributed by atoms with Crippen LogP contribution in [0.2, 0.25) is 0 Å². The summed E-state index contributed by atoms with van der Waals surface area (Å²) in [7, 11) is 0. The molecule has 0 spiro atoms. The number of carbonyl (C=O) groups is 2. The molecule has 2 aliphatic rings. The largest absolute Gasteiger partial charge is 0.398 e. The number of nitrogens with zero attached hydrogens (tertiary/aromatic N) is 1. The molecule has 0 aliphatic carbocycles. The van der Waals surface area contributed by atoms with Crippen molar-refractivity contribution in [3.63, 3.8) is 0 Å². The first kappa shape index (κ1) is 11.2. The van der Waals surface area contributed by atoms with Gasteiger partial charge in [0.05, 0.1) is 23.3 Å². The molecule has 94 valence electrons. The maximum atomic E-state index is 12.4. The number of amides is 2. The summed E-state index contributed by atoms with van der Waals surface area (Å²) in [4.78, 5) is 26.0. The van der Waals surface area contributed by atoms with E-state index in [2.05, 4.69) is 0 Å². The van der Waals surface area contributed by atoms with E-state index in [0.717, 1.165) is 0 Å². The van der Waals surface area contributed by atoms with Gasteiger partial charge in [-0.1, -0.05) is 6.07 Å².